The lowest BCUT2D eigenvalue weighted by molar-refractivity contribution is -0.167. The van der Waals surface area contributed by atoms with Gasteiger partial charge in [0.15, 0.2) is 6.10 Å². The maximum absolute atomic E-state index is 12.8. The largest absolute Gasteiger partial charge is 0.462 e. The Balaban J connectivity index is 4.04. The fraction of sp³-hybridized carbons (Fsp3) is 0.914. The normalized spacial score (nSPS) is 12.0. The van der Waals surface area contributed by atoms with Crippen LogP contribution in [0.25, 0.3) is 0 Å². The highest BCUT2D eigenvalue weighted by molar-refractivity contribution is 5.71. The molecule has 0 aromatic carbocycles. The monoisotopic (exact) mass is 903 g/mol. The zero-order valence-corrected chi connectivity index (χ0v) is 43.3. The third-order valence-electron chi connectivity index (χ3n) is 13.0. The van der Waals surface area contributed by atoms with Gasteiger partial charge in [-0.2, -0.15) is 0 Å². The van der Waals surface area contributed by atoms with Crippen molar-refractivity contribution in [2.24, 2.45) is 0 Å². The minimum Gasteiger partial charge on any atom is -0.462 e. The average Bonchev–Trinajstić information content (AvgIpc) is 3.29. The molecule has 0 aromatic rings. The molecule has 0 fully saturated rings. The first-order chi connectivity index (χ1) is 31.5. The van der Waals surface area contributed by atoms with Crippen LogP contribution in [-0.4, -0.2) is 37.2 Å². The number of carbonyl (C=O) groups is 3. The van der Waals surface area contributed by atoms with Crippen molar-refractivity contribution in [1.29, 1.82) is 0 Å². The molecule has 0 N–H and O–H groups in total. The molecule has 0 rings (SSSR count). The highest BCUT2D eigenvalue weighted by Crippen LogP contribution is 2.17. The van der Waals surface area contributed by atoms with Crippen LogP contribution in [0.15, 0.2) is 12.2 Å². The van der Waals surface area contributed by atoms with Crippen LogP contribution in [0.4, 0.5) is 0 Å². The summed E-state index contributed by atoms with van der Waals surface area (Å²) in [5.74, 6) is -0.855. The van der Waals surface area contributed by atoms with Gasteiger partial charge in [-0.25, -0.2) is 0 Å². The third-order valence-corrected chi connectivity index (χ3v) is 13.0. The van der Waals surface area contributed by atoms with E-state index in [9.17, 15) is 14.4 Å². The van der Waals surface area contributed by atoms with E-state index in [-0.39, 0.29) is 31.1 Å². The highest BCUT2D eigenvalue weighted by atomic mass is 16.6. The van der Waals surface area contributed by atoms with E-state index >= 15 is 0 Å². The van der Waals surface area contributed by atoms with Crippen LogP contribution in [0.2, 0.25) is 0 Å². The van der Waals surface area contributed by atoms with Gasteiger partial charge in [-0.3, -0.25) is 14.4 Å². The topological polar surface area (TPSA) is 78.9 Å². The highest BCUT2D eigenvalue weighted by Gasteiger charge is 2.19. The number of carbonyl (C=O) groups excluding carboxylic acids is 3. The molecule has 0 heterocycles. The lowest BCUT2D eigenvalue weighted by Crippen LogP contribution is -2.30. The second-order valence-electron chi connectivity index (χ2n) is 19.6. The van der Waals surface area contributed by atoms with Crippen LogP contribution < -0.4 is 0 Å². The van der Waals surface area contributed by atoms with E-state index in [1.807, 2.05) is 0 Å². The average molecular weight is 904 g/mol. The fourth-order valence-corrected chi connectivity index (χ4v) is 8.68. The molecule has 1 atom stereocenters. The van der Waals surface area contributed by atoms with E-state index in [0.717, 1.165) is 57.8 Å². The Morgan fingerprint density at radius 1 is 0.297 bits per heavy atom. The Kier molecular flexibility index (Phi) is 52.2. The molecule has 6 heteroatoms. The number of esters is 3. The first kappa shape index (κ1) is 62.1. The molecule has 64 heavy (non-hydrogen) atoms. The Morgan fingerprint density at radius 3 is 0.781 bits per heavy atom. The molecule has 0 amide bonds. The van der Waals surface area contributed by atoms with Crippen molar-refractivity contribution < 1.29 is 28.6 Å². The summed E-state index contributed by atoms with van der Waals surface area (Å²) in [6.45, 7) is 6.63. The number of allylic oxidation sites excluding steroid dienone is 2. The van der Waals surface area contributed by atoms with E-state index in [2.05, 4.69) is 32.9 Å². The number of unbranched alkanes of at least 4 members (excludes halogenated alkanes) is 40. The van der Waals surface area contributed by atoms with Gasteiger partial charge in [-0.05, 0) is 44.9 Å². The van der Waals surface area contributed by atoms with Crippen LogP contribution in [0, 0.1) is 0 Å². The van der Waals surface area contributed by atoms with E-state index in [0.29, 0.717) is 19.3 Å². The number of hydrogen-bond acceptors (Lipinski definition) is 6. The summed E-state index contributed by atoms with van der Waals surface area (Å²) < 4.78 is 16.8. The Labute approximate surface area is 399 Å². The Morgan fingerprint density at radius 2 is 0.516 bits per heavy atom. The molecule has 0 aliphatic heterocycles. The number of hydrogen-bond donors (Lipinski definition) is 0. The summed E-state index contributed by atoms with van der Waals surface area (Å²) in [4.78, 5) is 37.8. The molecule has 0 spiro atoms. The van der Waals surface area contributed by atoms with Crippen molar-refractivity contribution in [2.45, 2.75) is 329 Å². The standard InChI is InChI=1S/C58H110O6/c1-4-7-10-13-16-18-20-22-24-25-26-27-28-29-30-31-32-33-35-36-38-40-42-45-48-51-57(60)63-54-55(53-62-56(59)50-47-44-15-12-9-6-3)64-58(61)52-49-46-43-41-39-37-34-23-21-19-17-14-11-8-5-2/h25-26,55H,4-24,27-54H2,1-3H3/b26-25-. The van der Waals surface area contributed by atoms with Gasteiger partial charge in [-0.1, -0.05) is 270 Å². The van der Waals surface area contributed by atoms with Gasteiger partial charge in [0.2, 0.25) is 0 Å². The summed E-state index contributed by atoms with van der Waals surface area (Å²) in [6.07, 6.45) is 61.0. The van der Waals surface area contributed by atoms with Crippen molar-refractivity contribution in [3.63, 3.8) is 0 Å². The predicted molar refractivity (Wildman–Crippen MR) is 275 cm³/mol. The van der Waals surface area contributed by atoms with Gasteiger partial charge >= 0.3 is 17.9 Å². The lowest BCUT2D eigenvalue weighted by atomic mass is 10.0. The summed E-state index contributed by atoms with van der Waals surface area (Å²) in [6, 6.07) is 0. The molecule has 378 valence electrons. The molecule has 1 unspecified atom stereocenters. The maximum Gasteiger partial charge on any atom is 0.306 e. The molecule has 0 saturated heterocycles. The van der Waals surface area contributed by atoms with Crippen LogP contribution in [-0.2, 0) is 28.6 Å². The Bertz CT molecular complexity index is 993. The van der Waals surface area contributed by atoms with Gasteiger partial charge in [0, 0.05) is 19.3 Å². The van der Waals surface area contributed by atoms with E-state index in [4.69, 9.17) is 14.2 Å². The van der Waals surface area contributed by atoms with E-state index in [1.54, 1.807) is 0 Å². The molecular formula is C58H110O6. The molecule has 0 bridgehead atoms. The van der Waals surface area contributed by atoms with Crippen molar-refractivity contribution in [2.75, 3.05) is 13.2 Å². The molecule has 0 radical (unpaired) electrons. The minimum absolute atomic E-state index is 0.0650. The number of ether oxygens (including phenoxy) is 3. The fourth-order valence-electron chi connectivity index (χ4n) is 8.68. The molecule has 0 saturated carbocycles. The van der Waals surface area contributed by atoms with E-state index in [1.165, 1.54) is 225 Å². The summed E-state index contributed by atoms with van der Waals surface area (Å²) in [5.41, 5.74) is 0. The zero-order valence-electron chi connectivity index (χ0n) is 43.3. The summed E-state index contributed by atoms with van der Waals surface area (Å²) >= 11 is 0. The summed E-state index contributed by atoms with van der Waals surface area (Å²) in [5, 5.41) is 0. The first-order valence-electron chi connectivity index (χ1n) is 28.7. The lowest BCUT2D eigenvalue weighted by Gasteiger charge is -2.18. The van der Waals surface area contributed by atoms with Crippen LogP contribution in [0.5, 0.6) is 0 Å². The second kappa shape index (κ2) is 53.8. The van der Waals surface area contributed by atoms with Crippen LogP contribution in [0.3, 0.4) is 0 Å². The van der Waals surface area contributed by atoms with Gasteiger partial charge in [0.1, 0.15) is 13.2 Å². The van der Waals surface area contributed by atoms with Crippen LogP contribution >= 0.6 is 0 Å². The summed E-state index contributed by atoms with van der Waals surface area (Å²) in [7, 11) is 0. The minimum atomic E-state index is -0.761. The quantitative estimate of drug-likeness (QED) is 0.0262. The predicted octanol–water partition coefficient (Wildman–Crippen LogP) is 18.9. The van der Waals surface area contributed by atoms with Crippen molar-refractivity contribution in [1.82, 2.24) is 0 Å². The van der Waals surface area contributed by atoms with Gasteiger partial charge in [0.25, 0.3) is 0 Å². The first-order valence-corrected chi connectivity index (χ1v) is 28.7. The molecule has 0 aromatic heterocycles. The van der Waals surface area contributed by atoms with Gasteiger partial charge in [0.05, 0.1) is 0 Å². The van der Waals surface area contributed by atoms with Gasteiger partial charge in [-0.15, -0.1) is 0 Å². The zero-order chi connectivity index (χ0) is 46.5. The van der Waals surface area contributed by atoms with E-state index < -0.39 is 6.10 Å². The van der Waals surface area contributed by atoms with Crippen molar-refractivity contribution >= 4 is 17.9 Å². The third kappa shape index (κ3) is 51.1. The molecular weight excluding hydrogens is 793 g/mol. The van der Waals surface area contributed by atoms with Gasteiger partial charge < -0.3 is 14.2 Å². The Hall–Kier alpha value is -1.85. The van der Waals surface area contributed by atoms with Crippen molar-refractivity contribution in [3.8, 4) is 0 Å². The second-order valence-corrected chi connectivity index (χ2v) is 19.6. The molecule has 0 aliphatic carbocycles. The SMILES string of the molecule is CCCCCCCCCC/C=C\CCCCCCCCCCCCCCCC(=O)OCC(COC(=O)CCCCCCCC)OC(=O)CCCCCCCCCCCCCCCCC. The smallest absolute Gasteiger partial charge is 0.306 e. The molecule has 0 aliphatic rings. The molecule has 6 nitrogen and oxygen atoms in total. The van der Waals surface area contributed by atoms with Crippen molar-refractivity contribution in [3.05, 3.63) is 12.2 Å². The maximum atomic E-state index is 12.8. The van der Waals surface area contributed by atoms with Crippen LogP contribution in [0.1, 0.15) is 323 Å². The number of rotatable bonds is 53.